The Balaban J connectivity index is 2.65. The first-order valence-corrected chi connectivity index (χ1v) is 9.00. The molecule has 124 valence electrons. The Kier molecular flexibility index (Phi) is 6.99. The second-order valence-electron chi connectivity index (χ2n) is 5.62. The zero-order valence-electron chi connectivity index (χ0n) is 13.7. The summed E-state index contributed by atoms with van der Waals surface area (Å²) in [5, 5.41) is 2.76. The van der Waals surface area contributed by atoms with E-state index in [0.29, 0.717) is 18.7 Å². The maximum atomic E-state index is 12.1. The van der Waals surface area contributed by atoms with E-state index in [2.05, 4.69) is 5.32 Å². The first-order valence-electron chi connectivity index (χ1n) is 7.15. The predicted molar refractivity (Wildman–Crippen MR) is 89.4 cm³/mol. The van der Waals surface area contributed by atoms with E-state index in [9.17, 15) is 13.2 Å². The molecule has 1 amide bonds. The first kappa shape index (κ1) is 18.6. The molecular weight excluding hydrogens is 302 g/mol. The van der Waals surface area contributed by atoms with Gasteiger partial charge in [-0.1, -0.05) is 18.2 Å². The van der Waals surface area contributed by atoms with Crippen molar-refractivity contribution in [1.82, 2.24) is 9.21 Å². The summed E-state index contributed by atoms with van der Waals surface area (Å²) in [6, 6.07) is 7.40. The van der Waals surface area contributed by atoms with E-state index in [-0.39, 0.29) is 12.5 Å². The Labute approximate surface area is 133 Å². The van der Waals surface area contributed by atoms with E-state index in [4.69, 9.17) is 0 Å². The fourth-order valence-electron chi connectivity index (χ4n) is 1.99. The number of sulfonamides is 1. The van der Waals surface area contributed by atoms with Gasteiger partial charge in [0.05, 0.1) is 12.8 Å². The van der Waals surface area contributed by atoms with Crippen LogP contribution in [0.15, 0.2) is 24.3 Å². The highest BCUT2D eigenvalue weighted by molar-refractivity contribution is 7.88. The van der Waals surface area contributed by atoms with Crippen molar-refractivity contribution in [2.24, 2.45) is 0 Å². The van der Waals surface area contributed by atoms with E-state index in [0.717, 1.165) is 18.4 Å². The van der Waals surface area contributed by atoms with Gasteiger partial charge >= 0.3 is 0 Å². The molecule has 0 radical (unpaired) electrons. The van der Waals surface area contributed by atoms with Crippen molar-refractivity contribution in [3.05, 3.63) is 29.8 Å². The van der Waals surface area contributed by atoms with Crippen LogP contribution in [0.1, 0.15) is 12.0 Å². The summed E-state index contributed by atoms with van der Waals surface area (Å²) >= 11 is 0. The molecule has 1 aromatic rings. The van der Waals surface area contributed by atoms with Gasteiger partial charge in [-0.25, -0.2) is 8.42 Å². The number of hydrogen-bond donors (Lipinski definition) is 1. The number of carbonyl (C=O) groups is 1. The van der Waals surface area contributed by atoms with Gasteiger partial charge in [0.1, 0.15) is 0 Å². The summed E-state index contributed by atoms with van der Waals surface area (Å²) in [5.41, 5.74) is 1.64. The number of benzene rings is 1. The van der Waals surface area contributed by atoms with Gasteiger partial charge in [0, 0.05) is 12.2 Å². The van der Waals surface area contributed by atoms with Crippen molar-refractivity contribution in [2.45, 2.75) is 13.3 Å². The molecule has 1 rings (SSSR count). The Morgan fingerprint density at radius 1 is 1.18 bits per heavy atom. The largest absolute Gasteiger partial charge is 0.325 e. The molecule has 0 spiro atoms. The van der Waals surface area contributed by atoms with E-state index in [1.807, 2.05) is 44.1 Å². The minimum absolute atomic E-state index is 0.166. The van der Waals surface area contributed by atoms with Crippen LogP contribution in [-0.2, 0) is 14.8 Å². The molecule has 0 atom stereocenters. The molecular formula is C15H25N3O3S. The minimum Gasteiger partial charge on any atom is -0.325 e. The van der Waals surface area contributed by atoms with Crippen molar-refractivity contribution < 1.29 is 13.2 Å². The van der Waals surface area contributed by atoms with Crippen LogP contribution in [0.3, 0.4) is 0 Å². The lowest BCUT2D eigenvalue weighted by molar-refractivity contribution is -0.116. The molecule has 0 unspecified atom stereocenters. The molecule has 1 N–H and O–H groups in total. The molecule has 0 aliphatic carbocycles. The van der Waals surface area contributed by atoms with Crippen LogP contribution in [0.5, 0.6) is 0 Å². The topological polar surface area (TPSA) is 69.7 Å². The zero-order chi connectivity index (χ0) is 16.8. The highest BCUT2D eigenvalue weighted by atomic mass is 32.2. The lowest BCUT2D eigenvalue weighted by atomic mass is 10.2. The van der Waals surface area contributed by atoms with Gasteiger partial charge in [-0.05, 0) is 45.6 Å². The fraction of sp³-hybridized carbons (Fsp3) is 0.533. The Morgan fingerprint density at radius 3 is 2.36 bits per heavy atom. The molecule has 0 heterocycles. The second kappa shape index (κ2) is 8.26. The van der Waals surface area contributed by atoms with Gasteiger partial charge in [-0.3, -0.25) is 4.79 Å². The van der Waals surface area contributed by atoms with Crippen LogP contribution < -0.4 is 5.32 Å². The van der Waals surface area contributed by atoms with Gasteiger partial charge in [-0.15, -0.1) is 0 Å². The fourth-order valence-corrected chi connectivity index (χ4v) is 2.80. The third kappa shape index (κ3) is 6.55. The number of rotatable bonds is 8. The highest BCUT2D eigenvalue weighted by Crippen LogP contribution is 2.13. The van der Waals surface area contributed by atoms with Crippen molar-refractivity contribution in [2.75, 3.05) is 45.3 Å². The molecule has 6 nitrogen and oxygen atoms in total. The highest BCUT2D eigenvalue weighted by Gasteiger charge is 2.20. The normalized spacial score (nSPS) is 11.9. The van der Waals surface area contributed by atoms with Crippen LogP contribution in [0.25, 0.3) is 0 Å². The van der Waals surface area contributed by atoms with E-state index in [1.54, 1.807) is 6.07 Å². The molecule has 1 aromatic carbocycles. The molecule has 0 saturated heterocycles. The quantitative estimate of drug-likeness (QED) is 0.777. The van der Waals surface area contributed by atoms with Gasteiger partial charge < -0.3 is 10.2 Å². The van der Waals surface area contributed by atoms with E-state index < -0.39 is 10.0 Å². The van der Waals surface area contributed by atoms with Crippen molar-refractivity contribution in [1.29, 1.82) is 0 Å². The summed E-state index contributed by atoms with van der Waals surface area (Å²) < 4.78 is 24.8. The number of anilines is 1. The van der Waals surface area contributed by atoms with Gasteiger partial charge in [0.2, 0.25) is 15.9 Å². The van der Waals surface area contributed by atoms with E-state index >= 15 is 0 Å². The first-order chi connectivity index (χ1) is 10.2. The van der Waals surface area contributed by atoms with Crippen molar-refractivity contribution in [3.63, 3.8) is 0 Å². The number of nitrogens with one attached hydrogen (secondary N) is 1. The van der Waals surface area contributed by atoms with Crippen LogP contribution in [0.2, 0.25) is 0 Å². The molecule has 0 fully saturated rings. The third-order valence-corrected chi connectivity index (χ3v) is 4.47. The third-order valence-electron chi connectivity index (χ3n) is 3.22. The number of para-hydroxylation sites is 1. The molecule has 22 heavy (non-hydrogen) atoms. The summed E-state index contributed by atoms with van der Waals surface area (Å²) in [4.78, 5) is 14.1. The number of carbonyl (C=O) groups excluding carboxylic acids is 1. The lowest BCUT2D eigenvalue weighted by Gasteiger charge is -2.20. The predicted octanol–water partition coefficient (Wildman–Crippen LogP) is 1.15. The van der Waals surface area contributed by atoms with Gasteiger partial charge in [0.15, 0.2) is 0 Å². The zero-order valence-corrected chi connectivity index (χ0v) is 14.5. The maximum Gasteiger partial charge on any atom is 0.239 e. The van der Waals surface area contributed by atoms with Crippen LogP contribution in [-0.4, -0.2) is 63.5 Å². The SMILES string of the molecule is Cc1ccccc1NC(=O)CN(CCCN(C)C)S(C)(=O)=O. The van der Waals surface area contributed by atoms with Crippen LogP contribution in [0.4, 0.5) is 5.69 Å². The standard InChI is InChI=1S/C15H25N3O3S/c1-13-8-5-6-9-14(13)16-15(19)12-18(22(4,20)21)11-7-10-17(2)3/h5-6,8-9H,7,10-12H2,1-4H3,(H,16,19). The molecule has 7 heteroatoms. The van der Waals surface area contributed by atoms with Crippen LogP contribution >= 0.6 is 0 Å². The molecule has 0 aromatic heterocycles. The Bertz CT molecular complexity index is 600. The van der Waals surface area contributed by atoms with E-state index in [1.165, 1.54) is 4.31 Å². The molecule has 0 bridgehead atoms. The second-order valence-corrected chi connectivity index (χ2v) is 7.60. The van der Waals surface area contributed by atoms with Crippen molar-refractivity contribution in [3.8, 4) is 0 Å². The minimum atomic E-state index is -3.41. The summed E-state index contributed by atoms with van der Waals surface area (Å²) in [5.74, 6) is -0.329. The Morgan fingerprint density at radius 2 is 1.82 bits per heavy atom. The number of nitrogens with zero attached hydrogens (tertiary/aromatic N) is 2. The summed E-state index contributed by atoms with van der Waals surface area (Å²) in [6.07, 6.45) is 1.81. The monoisotopic (exact) mass is 327 g/mol. The smallest absolute Gasteiger partial charge is 0.239 e. The molecule has 0 aliphatic rings. The van der Waals surface area contributed by atoms with Gasteiger partial charge in [0.25, 0.3) is 0 Å². The maximum absolute atomic E-state index is 12.1. The van der Waals surface area contributed by atoms with Crippen molar-refractivity contribution >= 4 is 21.6 Å². The molecule has 0 aliphatic heterocycles. The lowest BCUT2D eigenvalue weighted by Crippen LogP contribution is -2.38. The number of aryl methyl sites for hydroxylation is 1. The number of hydrogen-bond acceptors (Lipinski definition) is 4. The molecule has 0 saturated carbocycles. The summed E-state index contributed by atoms with van der Waals surface area (Å²) in [6.45, 7) is 2.82. The summed E-state index contributed by atoms with van der Waals surface area (Å²) in [7, 11) is 0.446. The number of amides is 1. The van der Waals surface area contributed by atoms with Gasteiger partial charge in [-0.2, -0.15) is 4.31 Å². The Hall–Kier alpha value is -1.44. The average Bonchev–Trinajstić information content (AvgIpc) is 2.39. The average molecular weight is 327 g/mol. The van der Waals surface area contributed by atoms with Crippen LogP contribution in [0, 0.1) is 6.92 Å².